The molecule has 1 atom stereocenters. The van der Waals surface area contributed by atoms with E-state index >= 15 is 0 Å². The van der Waals surface area contributed by atoms with Gasteiger partial charge in [0.15, 0.2) is 0 Å². The van der Waals surface area contributed by atoms with Crippen molar-refractivity contribution in [2.24, 2.45) is 0 Å². The summed E-state index contributed by atoms with van der Waals surface area (Å²) in [5, 5.41) is 10.9. The molecule has 2 N–H and O–H groups in total. The monoisotopic (exact) mass is 385 g/mol. The predicted molar refractivity (Wildman–Crippen MR) is 103 cm³/mol. The Morgan fingerprint density at radius 3 is 2.68 bits per heavy atom. The Morgan fingerprint density at radius 2 is 2.04 bits per heavy atom. The van der Waals surface area contributed by atoms with Crippen LogP contribution in [0, 0.1) is 0 Å². The molecule has 7 nitrogen and oxygen atoms in total. The molecule has 7 heteroatoms. The van der Waals surface area contributed by atoms with E-state index in [-0.39, 0.29) is 11.3 Å². The molecule has 0 radical (unpaired) electrons. The van der Waals surface area contributed by atoms with Crippen LogP contribution in [0.3, 0.4) is 0 Å². The second-order valence-electron chi connectivity index (χ2n) is 7.05. The highest BCUT2D eigenvalue weighted by molar-refractivity contribution is 6.46. The predicted octanol–water partition coefficient (Wildman–Crippen LogP) is 1.24. The van der Waals surface area contributed by atoms with Crippen LogP contribution in [0.2, 0.25) is 0 Å². The molecule has 1 aliphatic heterocycles. The second-order valence-corrected chi connectivity index (χ2v) is 7.05. The molecule has 0 bridgehead atoms. The number of rotatable bonds is 7. The first-order chi connectivity index (χ1) is 13.4. The summed E-state index contributed by atoms with van der Waals surface area (Å²) in [6.45, 7) is 1.25. The number of ketones is 1. The average Bonchev–Trinajstić information content (AvgIpc) is 3.29. The highest BCUT2D eigenvalue weighted by Gasteiger charge is 2.47. The maximum absolute atomic E-state index is 12.8. The number of nitrogens with zero attached hydrogens (tertiary/aromatic N) is 1. The first kappa shape index (κ1) is 19.7. The minimum absolute atomic E-state index is 0.0328. The molecule has 2 heterocycles. The lowest BCUT2D eigenvalue weighted by atomic mass is 9.99. The van der Waals surface area contributed by atoms with Gasteiger partial charge in [0, 0.05) is 18.5 Å². The summed E-state index contributed by atoms with van der Waals surface area (Å²) in [5.41, 5.74) is 0.442. The van der Waals surface area contributed by atoms with Crippen LogP contribution >= 0.6 is 0 Å². The molecule has 1 fully saturated rings. The Labute approximate surface area is 163 Å². The number of carbonyl (C=O) groups is 2. The first-order valence-corrected chi connectivity index (χ1v) is 9.19. The van der Waals surface area contributed by atoms with Crippen LogP contribution in [0.4, 0.5) is 0 Å². The molecule has 28 heavy (non-hydrogen) atoms. The Balaban J connectivity index is 2.04. The van der Waals surface area contributed by atoms with Crippen LogP contribution in [0.25, 0.3) is 5.76 Å². The number of nitrogens with one attached hydrogen (secondary N) is 1. The van der Waals surface area contributed by atoms with E-state index in [0.29, 0.717) is 23.6 Å². The zero-order chi connectivity index (χ0) is 20.3. The lowest BCUT2D eigenvalue weighted by molar-refractivity contribution is -0.858. The lowest BCUT2D eigenvalue weighted by Crippen LogP contribution is -3.05. The first-order valence-electron chi connectivity index (χ1n) is 9.19. The van der Waals surface area contributed by atoms with Gasteiger partial charge in [-0.25, -0.2) is 0 Å². The van der Waals surface area contributed by atoms with Gasteiger partial charge >= 0.3 is 0 Å². The Bertz CT molecular complexity index is 886. The summed E-state index contributed by atoms with van der Waals surface area (Å²) in [6, 6.07) is 9.40. The highest BCUT2D eigenvalue weighted by Crippen LogP contribution is 2.39. The normalized spacial score (nSPS) is 18.9. The van der Waals surface area contributed by atoms with Crippen LogP contribution in [0.5, 0.6) is 5.75 Å². The summed E-state index contributed by atoms with van der Waals surface area (Å²) in [4.78, 5) is 28.2. The summed E-state index contributed by atoms with van der Waals surface area (Å²) in [5.74, 6) is -0.583. The molecular formula is C21H25N2O5+. The van der Waals surface area contributed by atoms with Crippen molar-refractivity contribution in [3.05, 3.63) is 59.6 Å². The van der Waals surface area contributed by atoms with Gasteiger partial charge < -0.3 is 24.1 Å². The molecule has 1 aromatic carbocycles. The number of Topliss-reactive ketones (excluding diaryl/α,β-unsaturated/α-hetero) is 1. The van der Waals surface area contributed by atoms with E-state index in [1.807, 2.05) is 14.1 Å². The van der Waals surface area contributed by atoms with Crippen LogP contribution in [-0.2, 0) is 9.59 Å². The molecule has 1 amide bonds. The Morgan fingerprint density at radius 1 is 1.25 bits per heavy atom. The molecule has 1 aromatic heterocycles. The molecule has 2 aromatic rings. The summed E-state index contributed by atoms with van der Waals surface area (Å²) in [6.07, 6.45) is 2.22. The largest absolute Gasteiger partial charge is 0.507 e. The molecule has 148 valence electrons. The fourth-order valence-corrected chi connectivity index (χ4v) is 3.38. The number of likely N-dealkylation sites (tertiary alicyclic amines) is 1. The van der Waals surface area contributed by atoms with Crippen molar-refractivity contribution < 1.29 is 28.7 Å². The van der Waals surface area contributed by atoms with Gasteiger partial charge in [-0.05, 0) is 24.3 Å². The number of hydrogen-bond donors (Lipinski definition) is 2. The quantitative estimate of drug-likeness (QED) is 0.426. The van der Waals surface area contributed by atoms with Crippen LogP contribution in [-0.4, -0.2) is 56.0 Å². The van der Waals surface area contributed by atoms with Gasteiger partial charge in [0.05, 0.1) is 39.6 Å². The van der Waals surface area contributed by atoms with Gasteiger partial charge in [-0.1, -0.05) is 12.1 Å². The van der Waals surface area contributed by atoms with Gasteiger partial charge in [0.2, 0.25) is 0 Å². The molecule has 0 aliphatic carbocycles. The maximum atomic E-state index is 12.8. The third kappa shape index (κ3) is 3.80. The van der Waals surface area contributed by atoms with Gasteiger partial charge in [-0.3, -0.25) is 9.59 Å². The SMILES string of the molecule is COc1cccc(C(O)=C2C(=O)C(=O)N(CCC[NH+](C)C)C2c2ccco2)c1. The fourth-order valence-electron chi connectivity index (χ4n) is 3.38. The van der Waals surface area contributed by atoms with Gasteiger partial charge in [0.1, 0.15) is 23.3 Å². The fraction of sp³-hybridized carbons (Fsp3) is 0.333. The van der Waals surface area contributed by atoms with Crippen molar-refractivity contribution in [3.63, 3.8) is 0 Å². The zero-order valence-electron chi connectivity index (χ0n) is 16.3. The van der Waals surface area contributed by atoms with Crippen LogP contribution in [0.1, 0.15) is 23.8 Å². The maximum Gasteiger partial charge on any atom is 0.295 e. The van der Waals surface area contributed by atoms with E-state index in [0.717, 1.165) is 13.0 Å². The van der Waals surface area contributed by atoms with E-state index in [1.54, 1.807) is 36.4 Å². The van der Waals surface area contributed by atoms with Crippen molar-refractivity contribution in [1.29, 1.82) is 0 Å². The molecule has 1 aliphatic rings. The number of methoxy groups -OCH3 is 1. The van der Waals surface area contributed by atoms with E-state index in [4.69, 9.17) is 9.15 Å². The van der Waals surface area contributed by atoms with Crippen molar-refractivity contribution in [3.8, 4) is 5.75 Å². The number of aliphatic hydroxyl groups is 1. The standard InChI is InChI=1S/C21H24N2O5/c1-22(2)10-6-11-23-18(16-9-5-12-28-16)17(20(25)21(23)26)19(24)14-7-4-8-15(13-14)27-3/h4-5,7-9,12-13,18,24H,6,10-11H2,1-3H3/p+1. The number of furan rings is 1. The highest BCUT2D eigenvalue weighted by atomic mass is 16.5. The number of hydrogen-bond acceptors (Lipinski definition) is 5. The van der Waals surface area contributed by atoms with E-state index in [2.05, 4.69) is 0 Å². The summed E-state index contributed by atoms with van der Waals surface area (Å²) in [7, 11) is 5.58. The molecule has 0 saturated carbocycles. The molecule has 1 unspecified atom stereocenters. The number of aliphatic hydroxyl groups excluding tert-OH is 1. The van der Waals surface area contributed by atoms with Crippen molar-refractivity contribution in [2.45, 2.75) is 12.5 Å². The van der Waals surface area contributed by atoms with E-state index < -0.39 is 17.7 Å². The van der Waals surface area contributed by atoms with Gasteiger partial charge in [-0.15, -0.1) is 0 Å². The molecular weight excluding hydrogens is 360 g/mol. The summed E-state index contributed by atoms with van der Waals surface area (Å²) >= 11 is 0. The number of ether oxygens (including phenoxy) is 1. The average molecular weight is 385 g/mol. The summed E-state index contributed by atoms with van der Waals surface area (Å²) < 4.78 is 10.7. The number of carbonyl (C=O) groups excluding carboxylic acids is 2. The van der Waals surface area contributed by atoms with E-state index in [1.165, 1.54) is 23.2 Å². The van der Waals surface area contributed by atoms with Crippen LogP contribution in [0.15, 0.2) is 52.7 Å². The van der Waals surface area contributed by atoms with Gasteiger partial charge in [0.25, 0.3) is 11.7 Å². The Kier molecular flexibility index (Phi) is 5.84. The number of quaternary nitrogens is 1. The second kappa shape index (κ2) is 8.31. The smallest absolute Gasteiger partial charge is 0.295 e. The lowest BCUT2D eigenvalue weighted by Gasteiger charge is -2.23. The van der Waals surface area contributed by atoms with Crippen molar-refractivity contribution in [1.82, 2.24) is 4.90 Å². The minimum Gasteiger partial charge on any atom is -0.507 e. The third-order valence-corrected chi connectivity index (χ3v) is 4.77. The molecule has 3 rings (SSSR count). The third-order valence-electron chi connectivity index (χ3n) is 4.77. The number of amides is 1. The Hall–Kier alpha value is -3.06. The zero-order valence-corrected chi connectivity index (χ0v) is 16.3. The molecule has 1 saturated heterocycles. The van der Waals surface area contributed by atoms with Crippen LogP contribution < -0.4 is 9.64 Å². The van der Waals surface area contributed by atoms with Gasteiger partial charge in [-0.2, -0.15) is 0 Å². The van der Waals surface area contributed by atoms with Crippen molar-refractivity contribution in [2.75, 3.05) is 34.3 Å². The molecule has 0 spiro atoms. The number of benzene rings is 1. The van der Waals surface area contributed by atoms with E-state index in [9.17, 15) is 14.7 Å². The van der Waals surface area contributed by atoms with Crippen molar-refractivity contribution >= 4 is 17.4 Å². The topological polar surface area (TPSA) is 84.4 Å². The minimum atomic E-state index is -0.752.